The van der Waals surface area contributed by atoms with Crippen LogP contribution < -0.4 is 4.74 Å². The molecule has 9 nitrogen and oxygen atoms in total. The molecule has 0 bridgehead atoms. The molecule has 1 heterocycles. The summed E-state index contributed by atoms with van der Waals surface area (Å²) in [7, 11) is 4.52. The summed E-state index contributed by atoms with van der Waals surface area (Å²) in [5.74, 6) is -0.863. The van der Waals surface area contributed by atoms with Gasteiger partial charge in [0.1, 0.15) is 5.56 Å². The van der Waals surface area contributed by atoms with E-state index in [1.54, 1.807) is 20.2 Å². The first kappa shape index (κ1) is 20.1. The summed E-state index contributed by atoms with van der Waals surface area (Å²) in [6, 6.07) is 3.66. The number of nitro groups is 1. The van der Waals surface area contributed by atoms with E-state index in [4.69, 9.17) is 4.74 Å². The van der Waals surface area contributed by atoms with Crippen LogP contribution in [0.1, 0.15) is 16.8 Å². The van der Waals surface area contributed by atoms with E-state index >= 15 is 0 Å². The van der Waals surface area contributed by atoms with Crippen molar-refractivity contribution in [2.75, 3.05) is 27.8 Å². The van der Waals surface area contributed by atoms with Crippen molar-refractivity contribution in [3.05, 3.63) is 57.8 Å². The summed E-state index contributed by atoms with van der Waals surface area (Å²) in [5, 5.41) is 21.0. The average molecular weight is 375 g/mol. The number of hydrogen-bond acceptors (Lipinski definition) is 6. The van der Waals surface area contributed by atoms with Gasteiger partial charge in [0, 0.05) is 26.4 Å². The average Bonchev–Trinajstić information content (AvgIpc) is 3.07. The predicted octanol–water partition coefficient (Wildman–Crippen LogP) is 1.34. The van der Waals surface area contributed by atoms with Crippen molar-refractivity contribution >= 4 is 17.5 Å². The van der Waals surface area contributed by atoms with Crippen LogP contribution in [0.15, 0.2) is 42.1 Å². The van der Waals surface area contributed by atoms with Crippen LogP contribution in [-0.4, -0.2) is 65.5 Å². The molecule has 0 saturated carbocycles. The van der Waals surface area contributed by atoms with Crippen molar-refractivity contribution in [1.82, 2.24) is 9.80 Å². The second kappa shape index (κ2) is 8.45. The van der Waals surface area contributed by atoms with Gasteiger partial charge < -0.3 is 19.6 Å². The van der Waals surface area contributed by atoms with Gasteiger partial charge in [-0.25, -0.2) is 0 Å². The largest absolute Gasteiger partial charge is 0.490 e. The molecule has 0 saturated heterocycles. The van der Waals surface area contributed by atoms with Gasteiger partial charge in [-0.1, -0.05) is 12.1 Å². The smallest absolute Gasteiger partial charge is 0.323 e. The van der Waals surface area contributed by atoms with Gasteiger partial charge in [-0.2, -0.15) is 0 Å². The van der Waals surface area contributed by atoms with Gasteiger partial charge >= 0.3 is 5.69 Å². The Kier molecular flexibility index (Phi) is 6.30. The number of likely N-dealkylation sites (N-methyl/N-ethyl adjacent to an activating group) is 1. The Labute approximate surface area is 156 Å². The number of ether oxygens (including phenoxy) is 1. The van der Waals surface area contributed by atoms with Crippen LogP contribution in [0.25, 0.3) is 0 Å². The molecule has 0 fully saturated rings. The van der Waals surface area contributed by atoms with E-state index in [9.17, 15) is 24.8 Å². The summed E-state index contributed by atoms with van der Waals surface area (Å²) in [6.07, 6.45) is 4.75. The lowest BCUT2D eigenvalue weighted by Gasteiger charge is -2.21. The fourth-order valence-electron chi connectivity index (χ4n) is 2.71. The minimum Gasteiger partial charge on any atom is -0.490 e. The zero-order valence-electron chi connectivity index (χ0n) is 15.3. The van der Waals surface area contributed by atoms with Crippen LogP contribution in [0.2, 0.25) is 0 Å². The Morgan fingerprint density at radius 2 is 2.15 bits per heavy atom. The zero-order valence-corrected chi connectivity index (χ0v) is 15.3. The minimum absolute atomic E-state index is 0.0220. The fourth-order valence-corrected chi connectivity index (χ4v) is 2.71. The number of allylic oxidation sites excluding steroid dienone is 1. The lowest BCUT2D eigenvalue weighted by Crippen LogP contribution is -2.35. The molecule has 144 valence electrons. The van der Waals surface area contributed by atoms with Gasteiger partial charge in [-0.05, 0) is 24.1 Å². The van der Waals surface area contributed by atoms with Gasteiger partial charge in [0.05, 0.1) is 24.7 Å². The van der Waals surface area contributed by atoms with Crippen LogP contribution in [0, 0.1) is 10.1 Å². The van der Waals surface area contributed by atoms with Crippen LogP contribution in [0.3, 0.4) is 0 Å². The van der Waals surface area contributed by atoms with Crippen LogP contribution in [0.4, 0.5) is 5.69 Å². The number of hydrogen-bond donors (Lipinski definition) is 1. The molecule has 1 atom stereocenters. The number of rotatable bonds is 6. The summed E-state index contributed by atoms with van der Waals surface area (Å²) in [5.41, 5.74) is 0.0914. The number of benzene rings is 1. The third-order valence-corrected chi connectivity index (χ3v) is 4.13. The number of para-hydroxylation sites is 1. The number of carbonyl (C=O) groups excluding carboxylic acids is 2. The predicted molar refractivity (Wildman–Crippen MR) is 97.2 cm³/mol. The Balaban J connectivity index is 2.37. The van der Waals surface area contributed by atoms with E-state index in [1.807, 2.05) is 0 Å². The minimum atomic E-state index is -0.670. The molecule has 2 amide bonds. The van der Waals surface area contributed by atoms with Gasteiger partial charge in [0.25, 0.3) is 5.91 Å². The van der Waals surface area contributed by atoms with Gasteiger partial charge in [0.15, 0.2) is 5.75 Å². The molecule has 1 aliphatic heterocycles. The van der Waals surface area contributed by atoms with Gasteiger partial charge in [-0.3, -0.25) is 19.7 Å². The van der Waals surface area contributed by atoms with E-state index in [1.165, 1.54) is 47.4 Å². The number of carbonyl (C=O) groups is 2. The molecule has 9 heteroatoms. The number of nitro benzene ring substituents is 1. The topological polar surface area (TPSA) is 113 Å². The Hall–Kier alpha value is -3.20. The van der Waals surface area contributed by atoms with Crippen molar-refractivity contribution in [3.8, 4) is 5.75 Å². The van der Waals surface area contributed by atoms with Crippen molar-refractivity contribution in [2.45, 2.75) is 12.5 Å². The molecule has 0 unspecified atom stereocenters. The maximum Gasteiger partial charge on any atom is 0.323 e. The molecule has 1 aromatic rings. The molecule has 27 heavy (non-hydrogen) atoms. The standard InChI is InChI=1S/C18H21N3O6/c1-19(2)16(23)8-7-12-9-13(11-22)20(10-12)18(24)14-5-4-6-15(27-3)17(14)21(25)26/h4-8,10,13,22H,9,11H2,1-3H3/b8-7+/t13-/m0/s1. The summed E-state index contributed by atoms with van der Waals surface area (Å²) >= 11 is 0. The molecule has 1 N–H and O–H groups in total. The quantitative estimate of drug-likeness (QED) is 0.456. The Morgan fingerprint density at radius 3 is 2.70 bits per heavy atom. The SMILES string of the molecule is COc1cccc(C(=O)N2C=C(/C=C/C(=O)N(C)C)C[C@H]2CO)c1[N+](=O)[O-]. The number of amides is 2. The number of nitrogens with zero attached hydrogens (tertiary/aromatic N) is 3. The van der Waals surface area contributed by atoms with Crippen molar-refractivity contribution in [1.29, 1.82) is 0 Å². The lowest BCUT2D eigenvalue weighted by molar-refractivity contribution is -0.386. The fraction of sp³-hybridized carbons (Fsp3) is 0.333. The monoisotopic (exact) mass is 375 g/mol. The molecule has 1 aromatic carbocycles. The summed E-state index contributed by atoms with van der Waals surface area (Å²) in [4.78, 5) is 38.0. The Morgan fingerprint density at radius 1 is 1.44 bits per heavy atom. The molecule has 0 spiro atoms. The second-order valence-corrected chi connectivity index (χ2v) is 6.14. The molecular weight excluding hydrogens is 354 g/mol. The van der Waals surface area contributed by atoms with E-state index in [0.29, 0.717) is 12.0 Å². The van der Waals surface area contributed by atoms with Crippen LogP contribution in [-0.2, 0) is 4.79 Å². The van der Waals surface area contributed by atoms with Crippen LogP contribution in [0.5, 0.6) is 5.75 Å². The van der Waals surface area contributed by atoms with Crippen LogP contribution >= 0.6 is 0 Å². The first-order valence-electron chi connectivity index (χ1n) is 8.15. The molecule has 0 radical (unpaired) electrons. The second-order valence-electron chi connectivity index (χ2n) is 6.14. The first-order valence-corrected chi connectivity index (χ1v) is 8.15. The third kappa shape index (κ3) is 4.32. The Bertz CT molecular complexity index is 815. The third-order valence-electron chi connectivity index (χ3n) is 4.13. The number of methoxy groups -OCH3 is 1. The van der Waals surface area contributed by atoms with Crippen molar-refractivity contribution in [2.24, 2.45) is 0 Å². The van der Waals surface area contributed by atoms with Gasteiger partial charge in [0.2, 0.25) is 5.91 Å². The summed E-state index contributed by atoms with van der Waals surface area (Å²) in [6.45, 7) is -0.320. The van der Waals surface area contributed by atoms with E-state index < -0.39 is 22.6 Å². The molecule has 0 aliphatic carbocycles. The number of aliphatic hydroxyl groups is 1. The maximum atomic E-state index is 12.9. The highest BCUT2D eigenvalue weighted by atomic mass is 16.6. The highest BCUT2D eigenvalue weighted by molar-refractivity contribution is 6.00. The van der Waals surface area contributed by atoms with Crippen molar-refractivity contribution in [3.63, 3.8) is 0 Å². The summed E-state index contributed by atoms with van der Waals surface area (Å²) < 4.78 is 4.99. The highest BCUT2D eigenvalue weighted by Gasteiger charge is 2.34. The molecule has 1 aliphatic rings. The first-order chi connectivity index (χ1) is 12.8. The molecular formula is C18H21N3O6. The van der Waals surface area contributed by atoms with Crippen molar-refractivity contribution < 1.29 is 24.4 Å². The van der Waals surface area contributed by atoms with E-state index in [2.05, 4.69) is 0 Å². The maximum absolute atomic E-state index is 12.9. The highest BCUT2D eigenvalue weighted by Crippen LogP contribution is 2.33. The van der Waals surface area contributed by atoms with E-state index in [-0.39, 0.29) is 23.8 Å². The number of aliphatic hydroxyl groups excluding tert-OH is 1. The lowest BCUT2D eigenvalue weighted by atomic mass is 10.1. The zero-order chi connectivity index (χ0) is 20.1. The molecule has 0 aromatic heterocycles. The van der Waals surface area contributed by atoms with Gasteiger partial charge in [-0.15, -0.1) is 0 Å². The molecule has 2 rings (SSSR count). The normalized spacial score (nSPS) is 16.4. The van der Waals surface area contributed by atoms with E-state index in [0.717, 1.165) is 0 Å².